The highest BCUT2D eigenvalue weighted by Gasteiger charge is 2.52. The highest BCUT2D eigenvalue weighted by Crippen LogP contribution is 2.45. The molecule has 1 unspecified atom stereocenters. The van der Waals surface area contributed by atoms with Gasteiger partial charge in [-0.1, -0.05) is 93.6 Å². The summed E-state index contributed by atoms with van der Waals surface area (Å²) in [5, 5.41) is 4.06. The van der Waals surface area contributed by atoms with E-state index < -0.39 is 0 Å². The molecule has 3 aliphatic rings. The molecule has 2 bridgehead atoms. The van der Waals surface area contributed by atoms with Crippen LogP contribution in [0.5, 0.6) is 5.75 Å². The summed E-state index contributed by atoms with van der Waals surface area (Å²) in [4.78, 5) is 18.5. The topological polar surface area (TPSA) is 44.8 Å². The summed E-state index contributed by atoms with van der Waals surface area (Å²) in [6.07, 6.45) is 1.03. The van der Waals surface area contributed by atoms with Crippen LogP contribution in [0.4, 0.5) is 0 Å². The first kappa shape index (κ1) is 30.3. The summed E-state index contributed by atoms with van der Waals surface area (Å²) in [6.45, 7) is 15.0. The second-order valence-electron chi connectivity index (χ2n) is 13.0. The van der Waals surface area contributed by atoms with Crippen molar-refractivity contribution in [2.45, 2.75) is 71.0 Å². The van der Waals surface area contributed by atoms with Gasteiger partial charge < -0.3 is 15.0 Å². The Morgan fingerprint density at radius 1 is 0.976 bits per heavy atom. The maximum atomic E-state index is 13.9. The van der Waals surface area contributed by atoms with Gasteiger partial charge in [0.1, 0.15) is 5.75 Å². The van der Waals surface area contributed by atoms with E-state index in [4.69, 9.17) is 4.74 Å². The zero-order valence-electron chi connectivity index (χ0n) is 26.3. The number of benzene rings is 3. The summed E-state index contributed by atoms with van der Waals surface area (Å²) >= 11 is 0. The predicted molar refractivity (Wildman–Crippen MR) is 172 cm³/mol. The largest absolute Gasteiger partial charge is 0.496 e. The molecule has 3 aliphatic heterocycles. The van der Waals surface area contributed by atoms with Gasteiger partial charge in [0.25, 0.3) is 0 Å². The Balaban J connectivity index is 1.56. The van der Waals surface area contributed by atoms with Crippen LogP contribution in [0.3, 0.4) is 0 Å². The number of methoxy groups -OCH3 is 1. The average Bonchev–Trinajstić information content (AvgIpc) is 3.01. The van der Waals surface area contributed by atoms with Gasteiger partial charge in [0, 0.05) is 49.7 Å². The van der Waals surface area contributed by atoms with Crippen molar-refractivity contribution >= 4 is 5.91 Å². The number of piperidine rings is 3. The number of carbonyl (C=O) groups is 1. The van der Waals surface area contributed by atoms with E-state index in [1.165, 1.54) is 22.3 Å². The van der Waals surface area contributed by atoms with Crippen LogP contribution >= 0.6 is 0 Å². The first-order chi connectivity index (χ1) is 20.3. The number of nitrogens with one attached hydrogen (secondary N) is 1. The second kappa shape index (κ2) is 13.0. The highest BCUT2D eigenvalue weighted by molar-refractivity contribution is 5.80. The van der Waals surface area contributed by atoms with E-state index >= 15 is 0 Å². The first-order valence-electron chi connectivity index (χ1n) is 15.8. The molecule has 3 aromatic carbocycles. The normalized spacial score (nSPS) is 23.6. The quantitative estimate of drug-likeness (QED) is 0.305. The lowest BCUT2D eigenvalue weighted by atomic mass is 9.66. The van der Waals surface area contributed by atoms with Gasteiger partial charge in [-0.3, -0.25) is 9.69 Å². The third kappa shape index (κ3) is 6.14. The van der Waals surface area contributed by atoms with E-state index in [1.54, 1.807) is 7.11 Å². The minimum Gasteiger partial charge on any atom is -0.496 e. The Hall–Kier alpha value is -3.15. The summed E-state index contributed by atoms with van der Waals surface area (Å²) in [7, 11) is 1.76. The lowest BCUT2D eigenvalue weighted by molar-refractivity contribution is -0.145. The molecule has 0 radical (unpaired) electrons. The number of fused-ring (bicyclic) bond motifs is 3. The van der Waals surface area contributed by atoms with Crippen molar-refractivity contribution in [3.63, 3.8) is 0 Å². The van der Waals surface area contributed by atoms with Gasteiger partial charge in [0.05, 0.1) is 13.0 Å². The summed E-state index contributed by atoms with van der Waals surface area (Å²) in [5.41, 5.74) is 5.17. The molecular formula is C37H49N3O2. The smallest absolute Gasteiger partial charge is 0.227 e. The summed E-state index contributed by atoms with van der Waals surface area (Å²) in [6, 6.07) is 28.8. The summed E-state index contributed by atoms with van der Waals surface area (Å²) in [5.74, 6) is 1.68. The van der Waals surface area contributed by atoms with Crippen LogP contribution in [0.2, 0.25) is 0 Å². The van der Waals surface area contributed by atoms with E-state index in [2.05, 4.69) is 124 Å². The van der Waals surface area contributed by atoms with Crippen molar-refractivity contribution in [3.05, 3.63) is 101 Å². The molecule has 6 rings (SSSR count). The maximum Gasteiger partial charge on any atom is 0.227 e. The van der Waals surface area contributed by atoms with Crippen LogP contribution in [-0.2, 0) is 16.8 Å². The Kier molecular flexibility index (Phi) is 9.39. The number of amides is 1. The SMILES string of the molecule is CCN(CC)C(=O)[C@H]1CN2CC[C@@H]1[C@H](NCc1cc(C(C)(C)C)ccc1OC)[C@H]2C(c1ccccc1)c1ccccc1. The van der Waals surface area contributed by atoms with Gasteiger partial charge >= 0.3 is 0 Å². The van der Waals surface area contributed by atoms with Crippen molar-refractivity contribution in [2.75, 3.05) is 33.3 Å². The Labute approximate surface area is 253 Å². The number of rotatable bonds is 10. The van der Waals surface area contributed by atoms with Gasteiger partial charge in [0.15, 0.2) is 0 Å². The zero-order chi connectivity index (χ0) is 29.9. The maximum absolute atomic E-state index is 13.9. The standard InChI is InChI=1S/C37H49N3O2/c1-7-39(8-2)36(41)31-25-40-22-21-30(31)34(38-24-28-23-29(37(3,4)5)19-20-32(28)42-6)35(40)33(26-15-11-9-12-16-26)27-17-13-10-14-18-27/h9-20,23,30-31,33-35,38H,7-8,21-22,24-25H2,1-6H3/t30-,31-,34-,35+/m0/s1. The van der Waals surface area contributed by atoms with Crippen molar-refractivity contribution < 1.29 is 9.53 Å². The number of hydrogen-bond donors (Lipinski definition) is 1. The molecule has 3 fully saturated rings. The minimum absolute atomic E-state index is 0.00222. The Morgan fingerprint density at radius 2 is 1.60 bits per heavy atom. The lowest BCUT2D eigenvalue weighted by Crippen LogP contribution is -2.69. The van der Waals surface area contributed by atoms with Crippen LogP contribution in [0.25, 0.3) is 0 Å². The van der Waals surface area contributed by atoms with Crippen molar-refractivity contribution in [2.24, 2.45) is 11.8 Å². The van der Waals surface area contributed by atoms with E-state index in [1.807, 2.05) is 4.90 Å². The van der Waals surface area contributed by atoms with Gasteiger partial charge in [-0.05, 0) is 60.9 Å². The molecule has 42 heavy (non-hydrogen) atoms. The van der Waals surface area contributed by atoms with E-state index in [9.17, 15) is 4.79 Å². The third-order valence-electron chi connectivity index (χ3n) is 9.67. The van der Waals surface area contributed by atoms with Crippen LogP contribution in [0, 0.1) is 11.8 Å². The molecule has 0 saturated carbocycles. The molecule has 5 atom stereocenters. The van der Waals surface area contributed by atoms with E-state index in [0.717, 1.165) is 38.3 Å². The Bertz CT molecular complexity index is 1280. The van der Waals surface area contributed by atoms with E-state index in [-0.39, 0.29) is 35.3 Å². The number of nitrogens with zero attached hydrogens (tertiary/aromatic N) is 2. The molecule has 3 heterocycles. The first-order valence-corrected chi connectivity index (χ1v) is 15.8. The van der Waals surface area contributed by atoms with Crippen LogP contribution in [-0.4, -0.2) is 61.1 Å². The fourth-order valence-electron chi connectivity index (χ4n) is 7.42. The zero-order valence-corrected chi connectivity index (χ0v) is 26.3. The molecule has 0 aromatic heterocycles. The van der Waals surface area contributed by atoms with Gasteiger partial charge in [-0.2, -0.15) is 0 Å². The average molecular weight is 568 g/mol. The van der Waals surface area contributed by atoms with Crippen molar-refractivity contribution in [1.82, 2.24) is 15.1 Å². The monoisotopic (exact) mass is 567 g/mol. The highest BCUT2D eigenvalue weighted by atomic mass is 16.5. The lowest BCUT2D eigenvalue weighted by Gasteiger charge is -2.57. The predicted octanol–water partition coefficient (Wildman–Crippen LogP) is 6.47. The van der Waals surface area contributed by atoms with Crippen molar-refractivity contribution in [3.8, 4) is 5.75 Å². The number of hydrogen-bond acceptors (Lipinski definition) is 4. The second-order valence-corrected chi connectivity index (χ2v) is 13.0. The summed E-state index contributed by atoms with van der Waals surface area (Å²) < 4.78 is 5.84. The molecule has 5 heteroatoms. The number of ether oxygens (including phenoxy) is 1. The molecule has 5 nitrogen and oxygen atoms in total. The molecule has 3 aromatic rings. The molecular weight excluding hydrogens is 518 g/mol. The fraction of sp³-hybridized carbons (Fsp3) is 0.486. The molecule has 0 aliphatic carbocycles. The number of carbonyl (C=O) groups excluding carboxylic acids is 1. The molecule has 1 N–H and O–H groups in total. The molecule has 224 valence electrons. The molecule has 0 spiro atoms. The Morgan fingerprint density at radius 3 is 2.14 bits per heavy atom. The molecule has 1 amide bonds. The van der Waals surface area contributed by atoms with Crippen LogP contribution in [0.15, 0.2) is 78.9 Å². The van der Waals surface area contributed by atoms with E-state index in [0.29, 0.717) is 12.5 Å². The molecule has 3 saturated heterocycles. The van der Waals surface area contributed by atoms with Gasteiger partial charge in [-0.15, -0.1) is 0 Å². The minimum atomic E-state index is 0.00222. The van der Waals surface area contributed by atoms with Crippen LogP contribution in [0.1, 0.15) is 69.2 Å². The van der Waals surface area contributed by atoms with Gasteiger partial charge in [0.2, 0.25) is 5.91 Å². The van der Waals surface area contributed by atoms with Crippen molar-refractivity contribution in [1.29, 1.82) is 0 Å². The third-order valence-corrected chi connectivity index (χ3v) is 9.67. The fourth-order valence-corrected chi connectivity index (χ4v) is 7.42. The van der Waals surface area contributed by atoms with Crippen LogP contribution < -0.4 is 10.1 Å². The van der Waals surface area contributed by atoms with Gasteiger partial charge in [-0.25, -0.2) is 0 Å².